The van der Waals surface area contributed by atoms with Gasteiger partial charge < -0.3 is 4.84 Å². The number of nitrogens with zero attached hydrogens (tertiary/aromatic N) is 3. The molecule has 1 aromatic carbocycles. The van der Waals surface area contributed by atoms with Crippen LogP contribution >= 0.6 is 23.4 Å². The smallest absolute Gasteiger partial charge is 0.396 e. The van der Waals surface area contributed by atoms with E-state index in [9.17, 15) is 13.2 Å². The average molecular weight is 378 g/mol. The molecule has 0 aliphatic carbocycles. The highest BCUT2D eigenvalue weighted by Crippen LogP contribution is 2.36. The molecule has 1 heterocycles. The number of rotatable bonds is 6. The van der Waals surface area contributed by atoms with Gasteiger partial charge in [-0.2, -0.15) is 18.3 Å². The fraction of sp³-hybridized carbons (Fsp3) is 0.333. The van der Waals surface area contributed by atoms with E-state index < -0.39 is 11.9 Å². The minimum Gasteiger partial charge on any atom is -0.396 e. The van der Waals surface area contributed by atoms with Gasteiger partial charge in [0.15, 0.2) is 5.69 Å². The van der Waals surface area contributed by atoms with Crippen molar-refractivity contribution in [3.05, 3.63) is 46.1 Å². The summed E-state index contributed by atoms with van der Waals surface area (Å²) in [6.45, 7) is 1.96. The Labute approximate surface area is 146 Å². The highest BCUT2D eigenvalue weighted by Gasteiger charge is 2.38. The Kier molecular flexibility index (Phi) is 6.17. The van der Waals surface area contributed by atoms with Crippen molar-refractivity contribution in [2.75, 3.05) is 6.61 Å². The largest absolute Gasteiger partial charge is 0.435 e. The van der Waals surface area contributed by atoms with Crippen molar-refractivity contribution < 1.29 is 18.0 Å². The molecule has 0 aliphatic rings. The van der Waals surface area contributed by atoms with Gasteiger partial charge in [0.25, 0.3) is 0 Å². The first kappa shape index (κ1) is 18.7. The highest BCUT2D eigenvalue weighted by atomic mass is 35.5. The Balaban J connectivity index is 2.34. The molecule has 0 spiro atoms. The van der Waals surface area contributed by atoms with E-state index in [1.54, 1.807) is 19.1 Å². The number of thioether (sulfide) groups is 1. The van der Waals surface area contributed by atoms with Gasteiger partial charge in [-0.05, 0) is 18.6 Å². The fourth-order valence-electron chi connectivity index (χ4n) is 1.95. The van der Waals surface area contributed by atoms with Crippen LogP contribution < -0.4 is 0 Å². The lowest BCUT2D eigenvalue weighted by Crippen LogP contribution is -2.09. The molecule has 2 aromatic rings. The zero-order chi connectivity index (χ0) is 17.7. The summed E-state index contributed by atoms with van der Waals surface area (Å²) in [6, 6.07) is 7.18. The van der Waals surface area contributed by atoms with Crippen LogP contribution in [-0.2, 0) is 23.8 Å². The molecule has 2 rings (SSSR count). The molecule has 9 heteroatoms. The van der Waals surface area contributed by atoms with Crippen LogP contribution in [0.1, 0.15) is 23.7 Å². The number of oxime groups is 1. The van der Waals surface area contributed by atoms with Gasteiger partial charge in [-0.3, -0.25) is 4.68 Å². The Morgan fingerprint density at radius 2 is 2.08 bits per heavy atom. The molecule has 0 fully saturated rings. The minimum absolute atomic E-state index is 0.115. The Morgan fingerprint density at radius 1 is 1.38 bits per heavy atom. The van der Waals surface area contributed by atoms with Crippen molar-refractivity contribution in [2.24, 2.45) is 12.2 Å². The van der Waals surface area contributed by atoms with Crippen LogP contribution in [0.4, 0.5) is 13.2 Å². The maximum absolute atomic E-state index is 13.2. The second-order valence-corrected chi connectivity index (χ2v) is 6.09. The summed E-state index contributed by atoms with van der Waals surface area (Å²) < 4.78 is 40.7. The number of halogens is 4. The lowest BCUT2D eigenvalue weighted by atomic mass is 10.2. The van der Waals surface area contributed by atoms with Gasteiger partial charge in [-0.15, -0.1) is 11.8 Å². The first-order valence-electron chi connectivity index (χ1n) is 7.00. The van der Waals surface area contributed by atoms with Crippen molar-refractivity contribution in [2.45, 2.75) is 23.9 Å². The fourth-order valence-corrected chi connectivity index (χ4v) is 3.31. The second-order valence-electron chi connectivity index (χ2n) is 4.72. The lowest BCUT2D eigenvalue weighted by Gasteiger charge is -2.06. The van der Waals surface area contributed by atoms with E-state index in [-0.39, 0.29) is 12.2 Å². The predicted octanol–water partition coefficient (Wildman–Crippen LogP) is 4.76. The Bertz CT molecular complexity index is 731. The number of hydrogen-bond donors (Lipinski definition) is 0. The molecule has 0 saturated carbocycles. The molecule has 0 amide bonds. The van der Waals surface area contributed by atoms with E-state index in [4.69, 9.17) is 16.4 Å². The lowest BCUT2D eigenvalue weighted by molar-refractivity contribution is -0.141. The summed E-state index contributed by atoms with van der Waals surface area (Å²) >= 11 is 7.29. The van der Waals surface area contributed by atoms with Crippen LogP contribution in [0.15, 0.2) is 34.4 Å². The summed E-state index contributed by atoms with van der Waals surface area (Å²) in [5.41, 5.74) is -0.280. The van der Waals surface area contributed by atoms with E-state index in [1.165, 1.54) is 23.5 Å². The zero-order valence-corrected chi connectivity index (χ0v) is 14.5. The summed E-state index contributed by atoms with van der Waals surface area (Å²) in [7, 11) is 1.46. The second kappa shape index (κ2) is 7.94. The summed E-state index contributed by atoms with van der Waals surface area (Å²) in [5, 5.41) is 8.05. The number of aryl methyl sites for hydroxylation is 1. The van der Waals surface area contributed by atoms with Gasteiger partial charge in [0.05, 0.1) is 11.8 Å². The summed E-state index contributed by atoms with van der Waals surface area (Å²) in [5.74, 6) is 0.409. The summed E-state index contributed by atoms with van der Waals surface area (Å²) in [4.78, 5) is 4.79. The van der Waals surface area contributed by atoms with Crippen LogP contribution in [0.3, 0.4) is 0 Å². The molecule has 0 unspecified atom stereocenters. The van der Waals surface area contributed by atoms with Crippen molar-refractivity contribution in [3.8, 4) is 0 Å². The van der Waals surface area contributed by atoms with Crippen molar-refractivity contribution in [1.82, 2.24) is 9.78 Å². The van der Waals surface area contributed by atoms with Gasteiger partial charge in [0, 0.05) is 17.8 Å². The van der Waals surface area contributed by atoms with E-state index >= 15 is 0 Å². The van der Waals surface area contributed by atoms with E-state index in [2.05, 4.69) is 10.3 Å². The van der Waals surface area contributed by atoms with Gasteiger partial charge in [-0.25, -0.2) is 0 Å². The average Bonchev–Trinajstić information content (AvgIpc) is 2.83. The normalized spacial score (nSPS) is 12.1. The summed E-state index contributed by atoms with van der Waals surface area (Å²) in [6.07, 6.45) is -3.53. The third-order valence-corrected chi connectivity index (χ3v) is 4.59. The topological polar surface area (TPSA) is 39.4 Å². The molecule has 0 aliphatic heterocycles. The molecule has 0 N–H and O–H groups in total. The maximum atomic E-state index is 13.2. The maximum Gasteiger partial charge on any atom is 0.435 e. The Morgan fingerprint density at radius 3 is 2.71 bits per heavy atom. The molecule has 0 bridgehead atoms. The molecular weight excluding hydrogens is 363 g/mol. The molecular formula is C15H15ClF3N3OS. The van der Waals surface area contributed by atoms with E-state index in [0.717, 1.165) is 11.8 Å². The van der Waals surface area contributed by atoms with E-state index in [0.29, 0.717) is 15.8 Å². The van der Waals surface area contributed by atoms with Crippen LogP contribution in [-0.4, -0.2) is 22.6 Å². The Hall–Kier alpha value is -1.67. The number of benzene rings is 1. The van der Waals surface area contributed by atoms with Crippen LogP contribution in [0.2, 0.25) is 5.02 Å². The third-order valence-electron chi connectivity index (χ3n) is 3.01. The minimum atomic E-state index is -4.57. The quantitative estimate of drug-likeness (QED) is 0.414. The van der Waals surface area contributed by atoms with E-state index in [1.807, 2.05) is 12.1 Å². The van der Waals surface area contributed by atoms with Gasteiger partial charge in [-0.1, -0.05) is 35.0 Å². The third kappa shape index (κ3) is 4.45. The van der Waals surface area contributed by atoms with Gasteiger partial charge in [0.1, 0.15) is 11.6 Å². The first-order chi connectivity index (χ1) is 11.3. The number of hydrogen-bond acceptors (Lipinski definition) is 4. The zero-order valence-electron chi connectivity index (χ0n) is 13.0. The van der Waals surface area contributed by atoms with Crippen LogP contribution in [0, 0.1) is 0 Å². The monoisotopic (exact) mass is 377 g/mol. The molecule has 0 radical (unpaired) electrons. The molecule has 1 aromatic heterocycles. The number of alkyl halides is 3. The van der Waals surface area contributed by atoms with Gasteiger partial charge >= 0.3 is 6.18 Å². The highest BCUT2D eigenvalue weighted by molar-refractivity contribution is 7.98. The molecule has 0 saturated heterocycles. The van der Waals surface area contributed by atoms with Gasteiger partial charge in [0.2, 0.25) is 0 Å². The molecule has 24 heavy (non-hydrogen) atoms. The molecule has 0 atom stereocenters. The van der Waals surface area contributed by atoms with Crippen LogP contribution in [0.25, 0.3) is 0 Å². The SMILES string of the molecule is CCO/N=C/c1c(C(F)(F)F)nn(C)c1SCc1ccccc1Cl. The molecule has 4 nitrogen and oxygen atoms in total. The van der Waals surface area contributed by atoms with Crippen molar-refractivity contribution >= 4 is 29.6 Å². The molecule has 130 valence electrons. The predicted molar refractivity (Wildman–Crippen MR) is 88.4 cm³/mol. The first-order valence-corrected chi connectivity index (χ1v) is 8.36. The van der Waals surface area contributed by atoms with Crippen LogP contribution in [0.5, 0.6) is 0 Å². The van der Waals surface area contributed by atoms with Crippen molar-refractivity contribution in [1.29, 1.82) is 0 Å². The standard InChI is InChI=1S/C15H15ClF3N3OS/c1-3-23-20-8-11-13(15(17,18)19)21-22(2)14(11)24-9-10-6-4-5-7-12(10)16/h4-8H,3,9H2,1-2H3/b20-8+. The van der Waals surface area contributed by atoms with Crippen molar-refractivity contribution in [3.63, 3.8) is 0 Å². The number of aromatic nitrogens is 2.